The Kier molecular flexibility index (Phi) is 2.81. The molecule has 2 aromatic heterocycles. The summed E-state index contributed by atoms with van der Waals surface area (Å²) in [6.45, 7) is 10.6. The lowest BCUT2D eigenvalue weighted by Crippen LogP contribution is -2.23. The van der Waals surface area contributed by atoms with Gasteiger partial charge >= 0.3 is 0 Å². The van der Waals surface area contributed by atoms with Gasteiger partial charge in [-0.3, -0.25) is 9.78 Å². The molecule has 0 aliphatic carbocycles. The van der Waals surface area contributed by atoms with Gasteiger partial charge in [-0.1, -0.05) is 26.1 Å². The smallest absolute Gasteiger partial charge is 0.145 e. The van der Waals surface area contributed by atoms with E-state index in [0.717, 1.165) is 16.6 Å². The highest BCUT2D eigenvalue weighted by Crippen LogP contribution is 2.26. The van der Waals surface area contributed by atoms with Crippen LogP contribution in [0.2, 0.25) is 0 Å². The van der Waals surface area contributed by atoms with E-state index < -0.39 is 0 Å². The van der Waals surface area contributed by atoms with Crippen molar-refractivity contribution in [1.82, 2.24) is 20.0 Å². The van der Waals surface area contributed by atoms with Gasteiger partial charge in [-0.05, 0) is 26.7 Å². The van der Waals surface area contributed by atoms with E-state index in [9.17, 15) is 0 Å². The van der Waals surface area contributed by atoms with E-state index in [2.05, 4.69) is 49.9 Å². The van der Waals surface area contributed by atoms with Crippen molar-refractivity contribution in [1.29, 1.82) is 0 Å². The van der Waals surface area contributed by atoms with Crippen molar-refractivity contribution in [3.8, 4) is 0 Å². The first-order chi connectivity index (χ1) is 7.82. The second-order valence-corrected chi connectivity index (χ2v) is 5.99. The monoisotopic (exact) mass is 250 g/mol. The van der Waals surface area contributed by atoms with E-state index >= 15 is 0 Å². The number of aromatic nitrogens is 4. The van der Waals surface area contributed by atoms with E-state index in [1.54, 1.807) is 0 Å². The normalized spacial score (nSPS) is 12.6. The molecule has 0 spiro atoms. The molecule has 2 heterocycles. The maximum atomic E-state index is 5.33. The lowest BCUT2D eigenvalue weighted by atomic mass is 10.1. The predicted molar refractivity (Wildman–Crippen MR) is 71.8 cm³/mol. The van der Waals surface area contributed by atoms with Crippen LogP contribution in [0.15, 0.2) is 6.20 Å². The van der Waals surface area contributed by atoms with Gasteiger partial charge in [-0.25, -0.2) is 0 Å². The van der Waals surface area contributed by atoms with Crippen LogP contribution in [-0.2, 0) is 5.54 Å². The van der Waals surface area contributed by atoms with Crippen molar-refractivity contribution in [3.05, 3.63) is 16.5 Å². The quantitative estimate of drug-likeness (QED) is 0.789. The Labute approximate surface area is 106 Å². The molecule has 0 saturated carbocycles. The molecule has 0 fully saturated rings. The number of aromatic amines is 1. The van der Waals surface area contributed by atoms with Crippen molar-refractivity contribution in [2.75, 3.05) is 0 Å². The van der Waals surface area contributed by atoms with E-state index in [0.29, 0.717) is 10.6 Å². The zero-order valence-electron chi connectivity index (χ0n) is 10.9. The number of nitrogens with zero attached hydrogens (tertiary/aromatic N) is 3. The molecule has 1 N–H and O–H groups in total. The van der Waals surface area contributed by atoms with Gasteiger partial charge in [0.1, 0.15) is 10.2 Å². The number of hydrogen-bond acceptors (Lipinski definition) is 3. The first-order valence-corrected chi connectivity index (χ1v) is 6.20. The van der Waals surface area contributed by atoms with E-state index in [-0.39, 0.29) is 5.54 Å². The zero-order valence-corrected chi connectivity index (χ0v) is 11.7. The number of H-pyrrole nitrogens is 1. The van der Waals surface area contributed by atoms with Crippen LogP contribution < -0.4 is 0 Å². The summed E-state index contributed by atoms with van der Waals surface area (Å²) in [5.74, 6) is 0.349. The van der Waals surface area contributed by atoms with Gasteiger partial charge in [0.15, 0.2) is 0 Å². The second-order valence-electron chi connectivity index (χ2n) is 5.58. The minimum absolute atomic E-state index is 0.0846. The molecule has 2 rings (SSSR count). The third kappa shape index (κ3) is 1.99. The van der Waals surface area contributed by atoms with Gasteiger partial charge in [-0.2, -0.15) is 10.2 Å². The lowest BCUT2D eigenvalue weighted by Gasteiger charge is -2.20. The Bertz CT molecular complexity index is 601. The summed E-state index contributed by atoms with van der Waals surface area (Å²) in [4.78, 5) is 0. The summed E-state index contributed by atoms with van der Waals surface area (Å²) >= 11 is 5.33. The van der Waals surface area contributed by atoms with Crippen LogP contribution in [0.25, 0.3) is 10.9 Å². The van der Waals surface area contributed by atoms with Crippen molar-refractivity contribution in [3.63, 3.8) is 0 Å². The van der Waals surface area contributed by atoms with Crippen molar-refractivity contribution in [2.24, 2.45) is 0 Å². The summed E-state index contributed by atoms with van der Waals surface area (Å²) in [5, 5.41) is 12.8. The standard InChI is InChI=1S/C12H18N4S/c1-7(2)9-8-6-13-16(12(3,4)5)10(8)11(17)15-14-9/h6-7H,1-5H3,(H,15,17). The fourth-order valence-electron chi connectivity index (χ4n) is 1.93. The maximum Gasteiger partial charge on any atom is 0.145 e. The molecular weight excluding hydrogens is 232 g/mol. The van der Waals surface area contributed by atoms with Gasteiger partial charge in [0, 0.05) is 5.39 Å². The van der Waals surface area contributed by atoms with Gasteiger partial charge in [-0.15, -0.1) is 0 Å². The first kappa shape index (κ1) is 12.2. The fourth-order valence-corrected chi connectivity index (χ4v) is 2.17. The molecule has 0 unspecified atom stereocenters. The molecule has 0 atom stereocenters. The molecular formula is C12H18N4S. The highest BCUT2D eigenvalue weighted by molar-refractivity contribution is 7.71. The molecule has 0 radical (unpaired) electrons. The van der Waals surface area contributed by atoms with Gasteiger partial charge in [0.05, 0.1) is 17.4 Å². The molecule has 0 saturated heterocycles. The average molecular weight is 250 g/mol. The fraction of sp³-hybridized carbons (Fsp3) is 0.583. The van der Waals surface area contributed by atoms with Crippen molar-refractivity contribution >= 4 is 23.1 Å². The molecule has 92 valence electrons. The summed E-state index contributed by atoms with van der Waals surface area (Å²) in [7, 11) is 0. The van der Waals surface area contributed by atoms with Crippen LogP contribution >= 0.6 is 12.2 Å². The third-order valence-electron chi connectivity index (χ3n) is 2.72. The van der Waals surface area contributed by atoms with E-state index in [4.69, 9.17) is 12.2 Å². The highest BCUT2D eigenvalue weighted by atomic mass is 32.1. The minimum atomic E-state index is -0.0846. The van der Waals surface area contributed by atoms with Crippen LogP contribution in [-0.4, -0.2) is 20.0 Å². The van der Waals surface area contributed by atoms with Crippen LogP contribution in [0.1, 0.15) is 46.2 Å². The van der Waals surface area contributed by atoms with Gasteiger partial charge < -0.3 is 0 Å². The molecule has 0 aromatic carbocycles. The Hall–Kier alpha value is -1.23. The highest BCUT2D eigenvalue weighted by Gasteiger charge is 2.20. The van der Waals surface area contributed by atoms with Crippen LogP contribution in [0.4, 0.5) is 0 Å². The first-order valence-electron chi connectivity index (χ1n) is 5.79. The van der Waals surface area contributed by atoms with Crippen molar-refractivity contribution < 1.29 is 0 Å². The molecule has 4 nitrogen and oxygen atoms in total. The number of hydrogen-bond donors (Lipinski definition) is 1. The summed E-state index contributed by atoms with van der Waals surface area (Å²) < 4.78 is 2.62. The summed E-state index contributed by atoms with van der Waals surface area (Å²) in [5.41, 5.74) is 1.91. The Morgan fingerprint density at radius 2 is 2.00 bits per heavy atom. The van der Waals surface area contributed by atoms with Gasteiger partial charge in [0.25, 0.3) is 0 Å². The molecule has 0 aliphatic rings. The summed E-state index contributed by atoms with van der Waals surface area (Å²) in [6.07, 6.45) is 1.87. The maximum absolute atomic E-state index is 5.33. The SMILES string of the molecule is CC(C)c1n[nH]c(=S)c2c1cnn2C(C)(C)C. The zero-order chi connectivity index (χ0) is 12.8. The average Bonchev–Trinajstić information content (AvgIpc) is 2.61. The number of nitrogens with one attached hydrogen (secondary N) is 1. The molecule has 2 aromatic rings. The van der Waals surface area contributed by atoms with E-state index in [1.807, 2.05) is 10.9 Å². The Balaban J connectivity index is 2.86. The number of fused-ring (bicyclic) bond motifs is 1. The van der Waals surface area contributed by atoms with Crippen LogP contribution in [0, 0.1) is 4.64 Å². The van der Waals surface area contributed by atoms with Crippen LogP contribution in [0.3, 0.4) is 0 Å². The van der Waals surface area contributed by atoms with Crippen LogP contribution in [0.5, 0.6) is 0 Å². The Morgan fingerprint density at radius 3 is 2.53 bits per heavy atom. The molecule has 0 amide bonds. The summed E-state index contributed by atoms with van der Waals surface area (Å²) in [6, 6.07) is 0. The Morgan fingerprint density at radius 1 is 1.35 bits per heavy atom. The molecule has 0 bridgehead atoms. The third-order valence-corrected chi connectivity index (χ3v) is 3.01. The van der Waals surface area contributed by atoms with Gasteiger partial charge in [0.2, 0.25) is 0 Å². The predicted octanol–water partition coefficient (Wildman–Crippen LogP) is 3.37. The van der Waals surface area contributed by atoms with E-state index in [1.165, 1.54) is 0 Å². The topological polar surface area (TPSA) is 46.5 Å². The second kappa shape index (κ2) is 3.91. The van der Waals surface area contributed by atoms with Crippen molar-refractivity contribution in [2.45, 2.75) is 46.1 Å². The molecule has 0 aliphatic heterocycles. The molecule has 5 heteroatoms. The lowest BCUT2D eigenvalue weighted by molar-refractivity contribution is 0.367. The molecule has 17 heavy (non-hydrogen) atoms. The largest absolute Gasteiger partial charge is 0.266 e. The number of rotatable bonds is 1. The minimum Gasteiger partial charge on any atom is -0.266 e.